The number of nitrogens with one attached hydrogen (secondary N) is 1. The number of imide groups is 2. The second kappa shape index (κ2) is 13.6. The van der Waals surface area contributed by atoms with Gasteiger partial charge < -0.3 is 14.6 Å². The number of hydrogen-bond acceptors (Lipinski definition) is 9. The molecule has 4 amide bonds. The number of carbonyl (C=O) groups is 5. The van der Waals surface area contributed by atoms with E-state index in [1.54, 1.807) is 72.8 Å². The lowest BCUT2D eigenvalue weighted by atomic mass is 9.49. The molecule has 4 aromatic carbocycles. The van der Waals surface area contributed by atoms with Crippen molar-refractivity contribution >= 4 is 64.0 Å². The van der Waals surface area contributed by atoms with Gasteiger partial charge in [-0.15, -0.1) is 0 Å². The molecule has 0 bridgehead atoms. The van der Waals surface area contributed by atoms with Crippen LogP contribution >= 0.6 is 23.2 Å². The summed E-state index contributed by atoms with van der Waals surface area (Å²) < 4.78 is 11.0. The third kappa shape index (κ3) is 5.51. The van der Waals surface area contributed by atoms with E-state index in [1.165, 1.54) is 38.2 Å². The minimum atomic E-state index is -1.58. The molecule has 13 heteroatoms. The van der Waals surface area contributed by atoms with Gasteiger partial charge in [0.1, 0.15) is 5.75 Å². The van der Waals surface area contributed by atoms with Gasteiger partial charge in [0.05, 0.1) is 53.8 Å². The predicted octanol–water partition coefficient (Wildman–Crippen LogP) is 7.11. The minimum absolute atomic E-state index is 0.0674. The van der Waals surface area contributed by atoms with Gasteiger partial charge in [0.25, 0.3) is 11.8 Å². The van der Waals surface area contributed by atoms with Gasteiger partial charge in [0.2, 0.25) is 11.8 Å². The average Bonchev–Trinajstić information content (AvgIpc) is 3.56. The first-order valence-electron chi connectivity index (χ1n) is 17.7. The molecule has 280 valence electrons. The van der Waals surface area contributed by atoms with Crippen LogP contribution in [0, 0.1) is 23.7 Å². The number of hydrazine groups is 1. The first-order valence-corrected chi connectivity index (χ1v) is 18.5. The van der Waals surface area contributed by atoms with Crippen molar-refractivity contribution in [2.75, 3.05) is 24.5 Å². The highest BCUT2D eigenvalue weighted by Crippen LogP contribution is 2.64. The van der Waals surface area contributed by atoms with E-state index in [-0.39, 0.29) is 46.7 Å². The Morgan fingerprint density at radius 1 is 0.855 bits per heavy atom. The average molecular weight is 781 g/mol. The number of methoxy groups -OCH3 is 2. The molecule has 3 fully saturated rings. The zero-order valence-corrected chi connectivity index (χ0v) is 31.4. The summed E-state index contributed by atoms with van der Waals surface area (Å²) >= 11 is 12.7. The van der Waals surface area contributed by atoms with Crippen LogP contribution in [-0.4, -0.2) is 53.7 Å². The fourth-order valence-corrected chi connectivity index (χ4v) is 9.64. The zero-order chi connectivity index (χ0) is 38.9. The number of benzene rings is 4. The number of phenolic OH excluding ortho intramolecular Hbond substituents is 1. The molecule has 4 aliphatic rings. The molecule has 2 aliphatic carbocycles. The first-order chi connectivity index (χ1) is 26.4. The maximum Gasteiger partial charge on any atom is 0.260 e. The second-order valence-corrected chi connectivity index (χ2v) is 15.1. The van der Waals surface area contributed by atoms with Crippen LogP contribution in [0.4, 0.5) is 11.4 Å². The van der Waals surface area contributed by atoms with Crippen molar-refractivity contribution in [1.29, 1.82) is 0 Å². The number of rotatable bonds is 8. The Hall–Kier alpha value is -5.65. The molecule has 0 radical (unpaired) electrons. The fourth-order valence-electron chi connectivity index (χ4n) is 9.19. The monoisotopic (exact) mass is 779 g/mol. The summed E-state index contributed by atoms with van der Waals surface area (Å²) in [6, 6.07) is 22.8. The Morgan fingerprint density at radius 3 is 2.24 bits per heavy atom. The standard InChI is InChI=1S/C42H35Cl2N3O8/c1-21(48)22-4-10-26(11-5-22)46-38(50)29-15-14-28-30(36(29)40(46)52)20-31-39(51)47(45-33-16-9-25(43)19-32(33)44)41(53)42(31,24-7-12-27(54-2)13-8-24)37(28)23-6-17-34(49)35(18-23)55-3/h4-14,16-19,29-31,36-37,45,49H,15,20H2,1-3H3/t29-,30+,31-,36-,37-,42+/m0/s1. The molecule has 6 atom stereocenters. The molecule has 1 saturated carbocycles. The van der Waals surface area contributed by atoms with Crippen LogP contribution in [0.3, 0.4) is 0 Å². The SMILES string of the molecule is COc1ccc([C@@]23C(=O)N(Nc4ccc(Cl)cc4Cl)C(=O)[C@@H]2C[C@@H]2C(=CC[C@@H]4C(=O)N(c5ccc(C(C)=O)cc5)C(=O)[C@@H]42)[C@@H]3c2ccc(O)c(OC)c2)cc1. The summed E-state index contributed by atoms with van der Waals surface area (Å²) in [5.74, 6) is -5.55. The summed E-state index contributed by atoms with van der Waals surface area (Å²) in [5, 5.41) is 12.2. The van der Waals surface area contributed by atoms with E-state index in [4.69, 9.17) is 32.7 Å². The Kier molecular flexibility index (Phi) is 8.97. The van der Waals surface area contributed by atoms with E-state index in [9.17, 15) is 24.3 Å². The number of ether oxygens (including phenoxy) is 2. The van der Waals surface area contributed by atoms with Gasteiger partial charge in [0.15, 0.2) is 17.3 Å². The van der Waals surface area contributed by atoms with E-state index in [0.717, 1.165) is 10.6 Å². The third-order valence-electron chi connectivity index (χ3n) is 11.6. The van der Waals surface area contributed by atoms with Gasteiger partial charge in [-0.2, -0.15) is 5.01 Å². The number of nitrogens with zero attached hydrogens (tertiary/aromatic N) is 2. The van der Waals surface area contributed by atoms with Crippen LogP contribution in [0.2, 0.25) is 10.0 Å². The number of anilines is 2. The van der Waals surface area contributed by atoms with Crippen molar-refractivity contribution in [2.45, 2.75) is 31.1 Å². The van der Waals surface area contributed by atoms with Crippen molar-refractivity contribution in [3.8, 4) is 17.2 Å². The quantitative estimate of drug-likeness (QED) is 0.109. The zero-order valence-electron chi connectivity index (χ0n) is 29.9. The van der Waals surface area contributed by atoms with E-state index >= 15 is 4.79 Å². The minimum Gasteiger partial charge on any atom is -0.504 e. The largest absolute Gasteiger partial charge is 0.504 e. The van der Waals surface area contributed by atoms with E-state index in [0.29, 0.717) is 33.1 Å². The van der Waals surface area contributed by atoms with E-state index in [1.807, 2.05) is 6.08 Å². The molecule has 0 unspecified atom stereocenters. The molecule has 0 spiro atoms. The molecular formula is C42H35Cl2N3O8. The summed E-state index contributed by atoms with van der Waals surface area (Å²) in [6.45, 7) is 1.44. The normalized spacial score (nSPS) is 25.6. The number of Topliss-reactive ketones (excluding diaryl/α,β-unsaturated/α-hetero) is 1. The Morgan fingerprint density at radius 2 is 1.58 bits per heavy atom. The van der Waals surface area contributed by atoms with E-state index < -0.39 is 52.7 Å². The predicted molar refractivity (Wildman–Crippen MR) is 204 cm³/mol. The van der Waals surface area contributed by atoms with Crippen molar-refractivity contribution in [3.05, 3.63) is 123 Å². The van der Waals surface area contributed by atoms with Crippen LogP contribution in [0.15, 0.2) is 96.6 Å². The molecule has 55 heavy (non-hydrogen) atoms. The van der Waals surface area contributed by atoms with Crippen molar-refractivity contribution in [1.82, 2.24) is 5.01 Å². The first kappa shape index (κ1) is 36.3. The lowest BCUT2D eigenvalue weighted by Crippen LogP contribution is -2.53. The lowest BCUT2D eigenvalue weighted by Gasteiger charge is -2.50. The van der Waals surface area contributed by atoms with Gasteiger partial charge in [-0.3, -0.25) is 34.3 Å². The van der Waals surface area contributed by atoms with Crippen molar-refractivity contribution in [3.63, 3.8) is 0 Å². The molecule has 2 aliphatic heterocycles. The molecule has 0 aromatic heterocycles. The number of hydrogen-bond donors (Lipinski definition) is 2. The molecule has 2 heterocycles. The van der Waals surface area contributed by atoms with Crippen LogP contribution in [0.25, 0.3) is 0 Å². The number of carbonyl (C=O) groups excluding carboxylic acids is 5. The lowest BCUT2D eigenvalue weighted by molar-refractivity contribution is -0.138. The number of fused-ring (bicyclic) bond motifs is 4. The van der Waals surface area contributed by atoms with Crippen molar-refractivity contribution in [2.24, 2.45) is 23.7 Å². The van der Waals surface area contributed by atoms with Gasteiger partial charge in [-0.25, -0.2) is 0 Å². The Balaban J connectivity index is 1.32. The van der Waals surface area contributed by atoms with Gasteiger partial charge in [-0.05, 0) is 104 Å². The number of phenols is 1. The molecule has 8 rings (SSSR count). The molecule has 2 saturated heterocycles. The Labute approximate surface area is 326 Å². The second-order valence-electron chi connectivity index (χ2n) is 14.3. The van der Waals surface area contributed by atoms with E-state index in [2.05, 4.69) is 5.43 Å². The van der Waals surface area contributed by atoms with Crippen LogP contribution < -0.4 is 19.8 Å². The highest BCUT2D eigenvalue weighted by atomic mass is 35.5. The number of amides is 4. The molecule has 2 N–H and O–H groups in total. The summed E-state index contributed by atoms with van der Waals surface area (Å²) in [7, 11) is 2.95. The van der Waals surface area contributed by atoms with Crippen molar-refractivity contribution < 1.29 is 38.6 Å². The fraction of sp³-hybridized carbons (Fsp3) is 0.262. The topological polar surface area (TPSA) is 143 Å². The molecule has 4 aromatic rings. The Bertz CT molecular complexity index is 2330. The number of aromatic hydroxyl groups is 1. The van der Waals surface area contributed by atoms with Gasteiger partial charge in [0, 0.05) is 16.5 Å². The number of ketones is 1. The van der Waals surface area contributed by atoms with Gasteiger partial charge in [-0.1, -0.05) is 53.1 Å². The number of allylic oxidation sites excluding steroid dienone is 2. The highest BCUT2D eigenvalue weighted by Gasteiger charge is 2.70. The molecule has 11 nitrogen and oxygen atoms in total. The van der Waals surface area contributed by atoms with Crippen LogP contribution in [-0.2, 0) is 24.6 Å². The summed E-state index contributed by atoms with van der Waals surface area (Å²) in [6.07, 6.45) is 2.22. The maximum absolute atomic E-state index is 15.4. The number of halogens is 2. The smallest absolute Gasteiger partial charge is 0.260 e. The third-order valence-corrected chi connectivity index (χ3v) is 12.2. The summed E-state index contributed by atoms with van der Waals surface area (Å²) in [4.78, 5) is 72.2. The van der Waals surface area contributed by atoms with Gasteiger partial charge >= 0.3 is 0 Å². The highest BCUT2D eigenvalue weighted by molar-refractivity contribution is 6.36. The van der Waals surface area contributed by atoms with Crippen LogP contribution in [0.1, 0.15) is 47.2 Å². The summed E-state index contributed by atoms with van der Waals surface area (Å²) in [5.41, 5.74) is 4.28. The maximum atomic E-state index is 15.4. The van der Waals surface area contributed by atoms with Crippen LogP contribution in [0.5, 0.6) is 17.2 Å². The molecular weight excluding hydrogens is 745 g/mol.